The summed E-state index contributed by atoms with van der Waals surface area (Å²) < 4.78 is 28.3. The number of aliphatic hydroxyl groups is 1. The number of halogens is 2. The van der Waals surface area contributed by atoms with Crippen LogP contribution in [-0.4, -0.2) is 34.7 Å². The smallest absolute Gasteiger partial charge is 0.276 e. The normalized spacial score (nSPS) is 12.6. The van der Waals surface area contributed by atoms with Crippen LogP contribution in [0.25, 0.3) is 0 Å². The zero-order chi connectivity index (χ0) is 28.5. The van der Waals surface area contributed by atoms with E-state index in [0.29, 0.717) is 23.4 Å². The molecule has 0 saturated carbocycles. The summed E-state index contributed by atoms with van der Waals surface area (Å²) in [5, 5.41) is 29.2. The number of hydrogen-bond acceptors (Lipinski definition) is 5. The molecule has 1 aromatic heterocycles. The summed E-state index contributed by atoms with van der Waals surface area (Å²) in [5.74, 6) is -2.20. The van der Waals surface area contributed by atoms with E-state index >= 15 is 0 Å². The van der Waals surface area contributed by atoms with Gasteiger partial charge in [-0.2, -0.15) is 4.73 Å². The predicted octanol–water partition coefficient (Wildman–Crippen LogP) is 3.64. The second-order valence-electron chi connectivity index (χ2n) is 9.70. The molecule has 0 aliphatic heterocycles. The molecular weight excluding hydrogens is 514 g/mol. The third-order valence-electron chi connectivity index (χ3n) is 6.49. The first-order chi connectivity index (χ1) is 19.3. The van der Waals surface area contributed by atoms with Crippen molar-refractivity contribution in [2.45, 2.75) is 44.9 Å². The lowest BCUT2D eigenvalue weighted by Crippen LogP contribution is -2.49. The number of aliphatic hydroxyl groups excluding tert-OH is 1. The van der Waals surface area contributed by atoms with Crippen molar-refractivity contribution in [2.24, 2.45) is 0 Å². The number of amides is 1. The van der Waals surface area contributed by atoms with Crippen molar-refractivity contribution >= 4 is 5.91 Å². The van der Waals surface area contributed by atoms with Crippen molar-refractivity contribution in [3.05, 3.63) is 136 Å². The van der Waals surface area contributed by atoms with Crippen LogP contribution in [0.15, 0.2) is 85.2 Å². The minimum Gasteiger partial charge on any atom is -0.619 e. The number of benzene rings is 3. The van der Waals surface area contributed by atoms with Gasteiger partial charge in [-0.05, 0) is 47.2 Å². The molecule has 7 nitrogen and oxygen atoms in total. The van der Waals surface area contributed by atoms with Gasteiger partial charge in [-0.25, -0.2) is 13.8 Å². The second kappa shape index (κ2) is 13.7. The molecule has 0 unspecified atom stereocenters. The number of carbonyl (C=O) groups is 1. The van der Waals surface area contributed by atoms with Gasteiger partial charge in [0.25, 0.3) is 5.91 Å². The van der Waals surface area contributed by atoms with Crippen molar-refractivity contribution in [3.8, 4) is 0 Å². The van der Waals surface area contributed by atoms with Crippen LogP contribution in [0, 0.1) is 16.8 Å². The third-order valence-corrected chi connectivity index (χ3v) is 6.49. The van der Waals surface area contributed by atoms with Gasteiger partial charge in [0, 0.05) is 25.6 Å². The Morgan fingerprint density at radius 3 is 2.38 bits per heavy atom. The summed E-state index contributed by atoms with van der Waals surface area (Å²) in [6, 6.07) is 19.6. The van der Waals surface area contributed by atoms with E-state index in [2.05, 4.69) is 28.6 Å². The van der Waals surface area contributed by atoms with Gasteiger partial charge in [0.15, 0.2) is 5.69 Å². The minimum absolute atomic E-state index is 0.0460. The van der Waals surface area contributed by atoms with Crippen LogP contribution in [0.1, 0.15) is 45.4 Å². The molecule has 0 bridgehead atoms. The summed E-state index contributed by atoms with van der Waals surface area (Å²) in [4.78, 5) is 17.5. The van der Waals surface area contributed by atoms with E-state index < -0.39 is 29.7 Å². The van der Waals surface area contributed by atoms with Crippen LogP contribution >= 0.6 is 0 Å². The number of hydrogen-bond donors (Lipinski definition) is 3. The molecule has 1 heterocycles. The molecule has 0 radical (unpaired) electrons. The highest BCUT2D eigenvalue weighted by Gasteiger charge is 2.25. The largest absolute Gasteiger partial charge is 0.619 e. The van der Waals surface area contributed by atoms with Crippen LogP contribution in [0.2, 0.25) is 0 Å². The minimum atomic E-state index is -1.11. The molecular formula is C31H32F2N4O3. The standard InChI is InChI=1S/C31H32F2N4O3/c1-2-21-9-6-10-23(11-21)17-34-18-30(38)28(15-24-12-25(32)16-26(33)13-24)36-31(39)29-20-37(40)19-27(35-29)14-22-7-4-3-5-8-22/h3-13,16,19-20,28,30,34,38H,2,14-15,17-18H2,1H3,(H,36,39)/t28-,30-/m0/s1. The molecule has 1 amide bonds. The maximum absolute atomic E-state index is 13.9. The van der Waals surface area contributed by atoms with Gasteiger partial charge in [-0.15, -0.1) is 0 Å². The molecule has 9 heteroatoms. The zero-order valence-electron chi connectivity index (χ0n) is 22.2. The van der Waals surface area contributed by atoms with Crippen molar-refractivity contribution < 1.29 is 23.4 Å². The number of nitrogens with one attached hydrogen (secondary N) is 2. The van der Waals surface area contributed by atoms with Gasteiger partial charge in [0.2, 0.25) is 12.4 Å². The van der Waals surface area contributed by atoms with Gasteiger partial charge in [-0.3, -0.25) is 4.79 Å². The van der Waals surface area contributed by atoms with Crippen LogP contribution in [0.5, 0.6) is 0 Å². The van der Waals surface area contributed by atoms with E-state index in [0.717, 1.165) is 41.9 Å². The fourth-order valence-corrected chi connectivity index (χ4v) is 4.49. The Balaban J connectivity index is 1.49. The van der Waals surface area contributed by atoms with Crippen LogP contribution in [0.3, 0.4) is 0 Å². The third kappa shape index (κ3) is 8.39. The molecule has 2 atom stereocenters. The van der Waals surface area contributed by atoms with E-state index in [1.807, 2.05) is 48.5 Å². The SMILES string of the molecule is CCc1cccc(CNC[C@H](O)[C@H](Cc2cc(F)cc(F)c2)NC(=O)c2c[n+]([O-])cc(Cc3ccccc3)n2)c1. The first-order valence-corrected chi connectivity index (χ1v) is 13.1. The molecule has 4 aromatic rings. The van der Waals surface area contributed by atoms with Crippen LogP contribution in [0.4, 0.5) is 8.78 Å². The van der Waals surface area contributed by atoms with Gasteiger partial charge < -0.3 is 20.9 Å². The number of nitrogens with zero attached hydrogens (tertiary/aromatic N) is 2. The lowest BCUT2D eigenvalue weighted by molar-refractivity contribution is -0.606. The fraction of sp³-hybridized carbons (Fsp3) is 0.258. The predicted molar refractivity (Wildman–Crippen MR) is 147 cm³/mol. The molecule has 208 valence electrons. The Bertz CT molecular complexity index is 1420. The quantitative estimate of drug-likeness (QED) is 0.186. The molecule has 0 fully saturated rings. The summed E-state index contributed by atoms with van der Waals surface area (Å²) >= 11 is 0. The van der Waals surface area contributed by atoms with Crippen LogP contribution < -0.4 is 15.4 Å². The van der Waals surface area contributed by atoms with Crippen LogP contribution in [-0.2, 0) is 25.8 Å². The highest BCUT2D eigenvalue weighted by Crippen LogP contribution is 2.13. The number of rotatable bonds is 12. The Morgan fingerprint density at radius 1 is 0.950 bits per heavy atom. The number of aryl methyl sites for hydroxylation is 1. The summed E-state index contributed by atoms with van der Waals surface area (Å²) in [6.07, 6.45) is 2.43. The number of carbonyl (C=O) groups excluding carboxylic acids is 1. The summed E-state index contributed by atoms with van der Waals surface area (Å²) in [6.45, 7) is 2.65. The van der Waals surface area contributed by atoms with E-state index in [9.17, 15) is 23.9 Å². The lowest BCUT2D eigenvalue weighted by atomic mass is 10.00. The monoisotopic (exact) mass is 546 g/mol. The maximum atomic E-state index is 13.9. The molecule has 4 rings (SSSR count). The highest BCUT2D eigenvalue weighted by atomic mass is 19.1. The highest BCUT2D eigenvalue weighted by molar-refractivity contribution is 5.92. The second-order valence-corrected chi connectivity index (χ2v) is 9.70. The average molecular weight is 547 g/mol. The van der Waals surface area contributed by atoms with Crippen molar-refractivity contribution in [1.82, 2.24) is 15.6 Å². The Labute approximate surface area is 232 Å². The molecule has 0 saturated heterocycles. The van der Waals surface area contributed by atoms with E-state index in [1.54, 1.807) is 0 Å². The first-order valence-electron chi connectivity index (χ1n) is 13.1. The molecule has 0 aliphatic rings. The van der Waals surface area contributed by atoms with E-state index in [1.165, 1.54) is 11.8 Å². The van der Waals surface area contributed by atoms with Crippen molar-refractivity contribution in [1.29, 1.82) is 0 Å². The fourth-order valence-electron chi connectivity index (χ4n) is 4.49. The van der Waals surface area contributed by atoms with Gasteiger partial charge >= 0.3 is 0 Å². The van der Waals surface area contributed by atoms with Crippen molar-refractivity contribution in [3.63, 3.8) is 0 Å². The average Bonchev–Trinajstić information content (AvgIpc) is 2.92. The summed E-state index contributed by atoms with van der Waals surface area (Å²) in [7, 11) is 0. The molecule has 40 heavy (non-hydrogen) atoms. The zero-order valence-corrected chi connectivity index (χ0v) is 22.2. The maximum Gasteiger partial charge on any atom is 0.276 e. The molecule has 0 spiro atoms. The van der Waals surface area contributed by atoms with Gasteiger partial charge in [-0.1, -0.05) is 61.5 Å². The molecule has 3 N–H and O–H groups in total. The first kappa shape index (κ1) is 28.8. The number of aromatic nitrogens is 2. The topological polar surface area (TPSA) is 101 Å². The summed E-state index contributed by atoms with van der Waals surface area (Å²) in [5.41, 5.74) is 3.69. The van der Waals surface area contributed by atoms with Gasteiger partial charge in [0.05, 0.1) is 12.1 Å². The Hall–Kier alpha value is -4.21. The van der Waals surface area contributed by atoms with Gasteiger partial charge in [0.1, 0.15) is 17.3 Å². The van der Waals surface area contributed by atoms with E-state index in [4.69, 9.17) is 0 Å². The molecule has 0 aliphatic carbocycles. The lowest BCUT2D eigenvalue weighted by Gasteiger charge is -2.25. The Morgan fingerprint density at radius 2 is 1.65 bits per heavy atom. The van der Waals surface area contributed by atoms with E-state index in [-0.39, 0.29) is 24.2 Å². The van der Waals surface area contributed by atoms with Crippen molar-refractivity contribution in [2.75, 3.05) is 6.54 Å². The molecule has 3 aromatic carbocycles. The Kier molecular flexibility index (Phi) is 9.88.